The van der Waals surface area contributed by atoms with Crippen LogP contribution < -0.4 is 4.90 Å². The first-order valence-electron chi connectivity index (χ1n) is 19.2. The van der Waals surface area contributed by atoms with Crippen molar-refractivity contribution in [3.8, 4) is 44.0 Å². The minimum absolute atomic E-state index is 0.835. The predicted octanol–water partition coefficient (Wildman–Crippen LogP) is 15.5. The van der Waals surface area contributed by atoms with Crippen LogP contribution in [0.25, 0.3) is 86.9 Å². The van der Waals surface area contributed by atoms with Gasteiger partial charge in [-0.25, -0.2) is 4.98 Å². The van der Waals surface area contributed by atoms with Crippen molar-refractivity contribution in [1.82, 2.24) is 4.98 Å². The van der Waals surface area contributed by atoms with Crippen LogP contribution in [0.15, 0.2) is 211 Å². The van der Waals surface area contributed by atoms with Crippen LogP contribution in [0.1, 0.15) is 0 Å². The number of rotatable bonds is 7. The van der Waals surface area contributed by atoms with Gasteiger partial charge in [0.2, 0.25) is 0 Å². The summed E-state index contributed by atoms with van der Waals surface area (Å²) in [5, 5.41) is 5.53. The number of anilines is 3. The fraction of sp³-hybridized carbons (Fsp3) is 0. The molecule has 0 saturated carbocycles. The topological polar surface area (TPSA) is 29.3 Å². The molecule has 0 aliphatic heterocycles. The zero-order valence-electron chi connectivity index (χ0n) is 30.8. The van der Waals surface area contributed by atoms with Gasteiger partial charge < -0.3 is 9.32 Å². The van der Waals surface area contributed by atoms with Crippen LogP contribution in [0.4, 0.5) is 17.1 Å². The number of nitrogens with zero attached hydrogens (tertiary/aromatic N) is 2. The van der Waals surface area contributed by atoms with E-state index in [1.165, 1.54) is 33.0 Å². The SMILES string of the molecule is c1ccc(-c2ccc(N(c3cccc(-c4ccc(-c5ccccc5)c5ccccc45)c3)c3c4oc5ccccc5c4cc4nc(-c5ccccc5)sc34)cc2)cc1. The summed E-state index contributed by atoms with van der Waals surface area (Å²) >= 11 is 1.71. The van der Waals surface area contributed by atoms with Gasteiger partial charge in [0.1, 0.15) is 16.3 Å². The molecular weight excluding hydrogens is 713 g/mol. The van der Waals surface area contributed by atoms with E-state index in [9.17, 15) is 0 Å². The van der Waals surface area contributed by atoms with E-state index in [2.05, 4.69) is 199 Å². The lowest BCUT2D eigenvalue weighted by atomic mass is 9.92. The van der Waals surface area contributed by atoms with Gasteiger partial charge in [0, 0.05) is 27.7 Å². The number of thiazole rings is 1. The molecule has 0 aliphatic rings. The minimum atomic E-state index is 0.835. The fourth-order valence-electron chi connectivity index (χ4n) is 8.20. The second kappa shape index (κ2) is 13.8. The van der Waals surface area contributed by atoms with Crippen LogP contribution in [-0.2, 0) is 0 Å². The van der Waals surface area contributed by atoms with Crippen LogP contribution in [-0.4, -0.2) is 4.98 Å². The first-order valence-corrected chi connectivity index (χ1v) is 20.0. The quantitative estimate of drug-likeness (QED) is 0.163. The third kappa shape index (κ3) is 5.78. The molecule has 0 spiro atoms. The normalized spacial score (nSPS) is 11.5. The van der Waals surface area contributed by atoms with Gasteiger partial charge >= 0.3 is 0 Å². The molecule has 11 aromatic rings. The number of fused-ring (bicyclic) bond motifs is 5. The molecule has 11 rings (SSSR count). The second-order valence-corrected chi connectivity index (χ2v) is 15.3. The molecular formula is C53H34N2OS. The zero-order valence-corrected chi connectivity index (χ0v) is 31.7. The standard InChI is InChI=1S/C53H34N2OS/c1-4-15-35(16-5-1)36-27-29-40(30-28-36)55(41-22-14-21-39(33-41)43-32-31-42(37-17-6-2-7-18-37)44-23-10-11-24-45(43)44)50-51-47(46-25-12-13-26-49(46)56-51)34-48-52(50)57-53(54-48)38-19-8-3-9-20-38/h1-34H. The number of hydrogen-bond donors (Lipinski definition) is 0. The van der Waals surface area contributed by atoms with Crippen molar-refractivity contribution in [2.45, 2.75) is 0 Å². The van der Waals surface area contributed by atoms with Crippen molar-refractivity contribution in [1.29, 1.82) is 0 Å². The van der Waals surface area contributed by atoms with E-state index >= 15 is 0 Å². The summed E-state index contributed by atoms with van der Waals surface area (Å²) in [7, 11) is 0. The van der Waals surface area contributed by atoms with E-state index in [-0.39, 0.29) is 0 Å². The van der Waals surface area contributed by atoms with Gasteiger partial charge in [0.15, 0.2) is 5.58 Å². The van der Waals surface area contributed by atoms with Crippen molar-refractivity contribution in [2.24, 2.45) is 0 Å². The zero-order chi connectivity index (χ0) is 37.7. The molecule has 2 heterocycles. The van der Waals surface area contributed by atoms with E-state index in [4.69, 9.17) is 9.40 Å². The van der Waals surface area contributed by atoms with Crippen LogP contribution in [0.3, 0.4) is 0 Å². The van der Waals surface area contributed by atoms with E-state index < -0.39 is 0 Å². The molecule has 4 heteroatoms. The molecule has 0 bridgehead atoms. The Morgan fingerprint density at radius 2 is 0.965 bits per heavy atom. The second-order valence-electron chi connectivity index (χ2n) is 14.3. The van der Waals surface area contributed by atoms with Crippen molar-refractivity contribution in [2.75, 3.05) is 4.90 Å². The third-order valence-electron chi connectivity index (χ3n) is 10.9. The molecule has 0 aliphatic carbocycles. The lowest BCUT2D eigenvalue weighted by molar-refractivity contribution is 0.669. The fourth-order valence-corrected chi connectivity index (χ4v) is 9.29. The Bertz CT molecular complexity index is 3220. The van der Waals surface area contributed by atoms with Crippen molar-refractivity contribution < 1.29 is 4.42 Å². The maximum atomic E-state index is 6.89. The van der Waals surface area contributed by atoms with Gasteiger partial charge in [-0.05, 0) is 80.6 Å². The molecule has 57 heavy (non-hydrogen) atoms. The minimum Gasteiger partial charge on any atom is -0.454 e. The van der Waals surface area contributed by atoms with Crippen LogP contribution in [0, 0.1) is 0 Å². The monoisotopic (exact) mass is 746 g/mol. The molecule has 268 valence electrons. The average Bonchev–Trinajstić information content (AvgIpc) is 3.89. The molecule has 2 aromatic heterocycles. The molecule has 0 radical (unpaired) electrons. The highest BCUT2D eigenvalue weighted by Crippen LogP contribution is 2.50. The lowest BCUT2D eigenvalue weighted by Gasteiger charge is -2.27. The Kier molecular flexibility index (Phi) is 8.01. The molecule has 0 atom stereocenters. The maximum absolute atomic E-state index is 6.89. The van der Waals surface area contributed by atoms with Crippen LogP contribution >= 0.6 is 11.3 Å². The van der Waals surface area contributed by atoms with E-state index in [1.807, 2.05) is 12.1 Å². The number of benzene rings is 9. The molecule has 0 unspecified atom stereocenters. The van der Waals surface area contributed by atoms with Gasteiger partial charge in [-0.15, -0.1) is 11.3 Å². The number of para-hydroxylation sites is 1. The summed E-state index contributed by atoms with van der Waals surface area (Å²) in [6, 6.07) is 73.3. The predicted molar refractivity (Wildman–Crippen MR) is 241 cm³/mol. The average molecular weight is 747 g/mol. The first kappa shape index (κ1) is 33.1. The Morgan fingerprint density at radius 1 is 0.404 bits per heavy atom. The molecule has 9 aromatic carbocycles. The Hall–Kier alpha value is -7.27. The summed E-state index contributed by atoms with van der Waals surface area (Å²) in [6.45, 7) is 0. The van der Waals surface area contributed by atoms with Crippen LogP contribution in [0.5, 0.6) is 0 Å². The first-order chi connectivity index (χ1) is 28.3. The van der Waals surface area contributed by atoms with Crippen molar-refractivity contribution >= 4 is 71.3 Å². The van der Waals surface area contributed by atoms with Crippen molar-refractivity contribution in [3.63, 3.8) is 0 Å². The summed E-state index contributed by atoms with van der Waals surface area (Å²) in [6.07, 6.45) is 0. The summed E-state index contributed by atoms with van der Waals surface area (Å²) in [4.78, 5) is 7.66. The van der Waals surface area contributed by atoms with Gasteiger partial charge in [-0.3, -0.25) is 0 Å². The largest absolute Gasteiger partial charge is 0.454 e. The summed E-state index contributed by atoms with van der Waals surface area (Å²) in [5.74, 6) is 0. The number of hydrogen-bond acceptors (Lipinski definition) is 4. The van der Waals surface area contributed by atoms with Gasteiger partial charge in [0.25, 0.3) is 0 Å². The molecule has 3 nitrogen and oxygen atoms in total. The number of aromatic nitrogens is 1. The summed E-state index contributed by atoms with van der Waals surface area (Å²) in [5.41, 5.74) is 13.9. The highest BCUT2D eigenvalue weighted by molar-refractivity contribution is 7.22. The van der Waals surface area contributed by atoms with E-state index in [0.717, 1.165) is 70.9 Å². The van der Waals surface area contributed by atoms with Gasteiger partial charge in [-0.1, -0.05) is 170 Å². The van der Waals surface area contributed by atoms with Crippen molar-refractivity contribution in [3.05, 3.63) is 206 Å². The van der Waals surface area contributed by atoms with Gasteiger partial charge in [0.05, 0.1) is 10.2 Å². The summed E-state index contributed by atoms with van der Waals surface area (Å²) < 4.78 is 7.95. The molecule has 0 N–H and O–H groups in total. The third-order valence-corrected chi connectivity index (χ3v) is 12.0. The number of furan rings is 1. The van der Waals surface area contributed by atoms with E-state index in [1.54, 1.807) is 11.3 Å². The highest BCUT2D eigenvalue weighted by Gasteiger charge is 2.26. The highest BCUT2D eigenvalue weighted by atomic mass is 32.1. The molecule has 0 fully saturated rings. The van der Waals surface area contributed by atoms with Gasteiger partial charge in [-0.2, -0.15) is 0 Å². The smallest absolute Gasteiger partial charge is 0.161 e. The lowest BCUT2D eigenvalue weighted by Crippen LogP contribution is -2.10. The molecule has 0 saturated heterocycles. The van der Waals surface area contributed by atoms with E-state index in [0.29, 0.717) is 0 Å². The maximum Gasteiger partial charge on any atom is 0.161 e. The Balaban J connectivity index is 1.17. The Labute approximate surface area is 334 Å². The molecule has 0 amide bonds. The van der Waals surface area contributed by atoms with Crippen LogP contribution in [0.2, 0.25) is 0 Å². The Morgan fingerprint density at radius 3 is 1.67 bits per heavy atom.